The summed E-state index contributed by atoms with van der Waals surface area (Å²) in [6, 6.07) is 16.1. The number of pyridine rings is 1. The van der Waals surface area contributed by atoms with Gasteiger partial charge in [0.15, 0.2) is 0 Å². The van der Waals surface area contributed by atoms with Gasteiger partial charge in [-0.2, -0.15) is 0 Å². The van der Waals surface area contributed by atoms with E-state index in [-0.39, 0.29) is 29.6 Å². The molecule has 0 saturated carbocycles. The van der Waals surface area contributed by atoms with E-state index in [1.165, 1.54) is 24.3 Å². The minimum absolute atomic E-state index is 0.189. The first-order valence-corrected chi connectivity index (χ1v) is 12.2. The standard InChI is InChI=1S/C30H24F2N4O2/c1-17-3-5-22(32)11-19(17)13-33-29(37)18-4-10-26-24(12-18)25-16-35(2)28-27(25)20(14-34-30(28)38)15-36(26)23-8-6-21(31)7-9-23/h3-12,14,16H,13,15H2,1-2H3,(H,33,37)(H,34,38). The maximum absolute atomic E-state index is 13.7. The highest BCUT2D eigenvalue weighted by Crippen LogP contribution is 2.44. The third-order valence-corrected chi connectivity index (χ3v) is 7.15. The molecule has 0 bridgehead atoms. The zero-order valence-electron chi connectivity index (χ0n) is 20.8. The second-order valence-corrected chi connectivity index (χ2v) is 9.57. The number of aromatic amines is 1. The van der Waals surface area contributed by atoms with Gasteiger partial charge in [0.05, 0.1) is 6.54 Å². The number of carbonyl (C=O) groups excluding carboxylic acids is 1. The van der Waals surface area contributed by atoms with Gasteiger partial charge in [-0.05, 0) is 78.2 Å². The summed E-state index contributed by atoms with van der Waals surface area (Å²) < 4.78 is 29.2. The van der Waals surface area contributed by atoms with Crippen LogP contribution in [0.5, 0.6) is 0 Å². The number of nitrogens with one attached hydrogen (secondary N) is 2. The van der Waals surface area contributed by atoms with E-state index in [1.54, 1.807) is 35.0 Å². The number of hydrogen-bond donors (Lipinski definition) is 2. The Hall–Kier alpha value is -4.72. The van der Waals surface area contributed by atoms with Crippen LogP contribution in [0, 0.1) is 18.6 Å². The van der Waals surface area contributed by atoms with E-state index >= 15 is 0 Å². The molecule has 0 spiro atoms. The highest BCUT2D eigenvalue weighted by molar-refractivity contribution is 6.05. The molecule has 1 aliphatic heterocycles. The predicted octanol–water partition coefficient (Wildman–Crippen LogP) is 5.70. The maximum atomic E-state index is 13.7. The number of hydrogen-bond acceptors (Lipinski definition) is 3. The molecule has 0 atom stereocenters. The van der Waals surface area contributed by atoms with Crippen LogP contribution in [-0.4, -0.2) is 15.5 Å². The summed E-state index contributed by atoms with van der Waals surface area (Å²) in [5, 5.41) is 3.71. The zero-order valence-corrected chi connectivity index (χ0v) is 20.8. The predicted molar refractivity (Wildman–Crippen MR) is 144 cm³/mol. The number of amides is 1. The number of anilines is 2. The van der Waals surface area contributed by atoms with Gasteiger partial charge < -0.3 is 19.8 Å². The average molecular weight is 511 g/mol. The van der Waals surface area contributed by atoms with E-state index in [0.717, 1.165) is 39.0 Å². The fourth-order valence-corrected chi connectivity index (χ4v) is 5.19. The van der Waals surface area contributed by atoms with Crippen molar-refractivity contribution in [3.63, 3.8) is 0 Å². The Labute approximate surface area is 217 Å². The van der Waals surface area contributed by atoms with E-state index in [2.05, 4.69) is 10.3 Å². The summed E-state index contributed by atoms with van der Waals surface area (Å²) >= 11 is 0. The summed E-state index contributed by atoms with van der Waals surface area (Å²) in [5.74, 6) is -0.987. The Morgan fingerprint density at radius 2 is 1.76 bits per heavy atom. The van der Waals surface area contributed by atoms with Crippen LogP contribution >= 0.6 is 0 Å². The lowest BCUT2D eigenvalue weighted by Crippen LogP contribution is -2.23. The summed E-state index contributed by atoms with van der Waals surface area (Å²) in [4.78, 5) is 30.8. The normalized spacial score (nSPS) is 12.4. The third kappa shape index (κ3) is 3.94. The van der Waals surface area contributed by atoms with Gasteiger partial charge in [0, 0.05) is 59.4 Å². The molecule has 1 amide bonds. The molecule has 2 aromatic heterocycles. The largest absolute Gasteiger partial charge is 0.348 e. The highest BCUT2D eigenvalue weighted by atomic mass is 19.1. The first-order chi connectivity index (χ1) is 18.3. The molecule has 2 N–H and O–H groups in total. The Balaban J connectivity index is 1.47. The number of nitrogens with zero attached hydrogens (tertiary/aromatic N) is 2. The third-order valence-electron chi connectivity index (χ3n) is 7.15. The minimum atomic E-state index is -0.354. The molecule has 190 valence electrons. The van der Waals surface area contributed by atoms with Crippen LogP contribution < -0.4 is 15.8 Å². The van der Waals surface area contributed by atoms with Gasteiger partial charge in [-0.1, -0.05) is 6.07 Å². The van der Waals surface area contributed by atoms with Crippen LogP contribution in [0.2, 0.25) is 0 Å². The first kappa shape index (κ1) is 23.7. The molecular weight excluding hydrogens is 486 g/mol. The Kier molecular flexibility index (Phi) is 5.60. The summed E-state index contributed by atoms with van der Waals surface area (Å²) in [7, 11) is 1.82. The van der Waals surface area contributed by atoms with Crippen molar-refractivity contribution in [1.29, 1.82) is 0 Å². The molecule has 8 heteroatoms. The second kappa shape index (κ2) is 8.99. The van der Waals surface area contributed by atoms with Gasteiger partial charge in [-0.3, -0.25) is 9.59 Å². The van der Waals surface area contributed by atoms with E-state index in [1.807, 2.05) is 37.2 Å². The summed E-state index contributed by atoms with van der Waals surface area (Å²) in [5.41, 5.74) is 6.48. The average Bonchev–Trinajstić information content (AvgIpc) is 3.20. The van der Waals surface area contributed by atoms with Crippen LogP contribution in [0.15, 0.2) is 77.9 Å². The van der Waals surface area contributed by atoms with Crippen LogP contribution in [-0.2, 0) is 20.1 Å². The van der Waals surface area contributed by atoms with E-state index in [0.29, 0.717) is 23.2 Å². The molecule has 5 aromatic rings. The molecule has 6 rings (SSSR count). The summed E-state index contributed by atoms with van der Waals surface area (Å²) in [6.07, 6.45) is 3.61. The van der Waals surface area contributed by atoms with Gasteiger partial charge in [-0.25, -0.2) is 8.78 Å². The number of fused-ring (bicyclic) bond motifs is 2. The minimum Gasteiger partial charge on any atom is -0.348 e. The number of H-pyrrole nitrogens is 1. The molecule has 3 aromatic carbocycles. The number of carbonyl (C=O) groups is 1. The summed E-state index contributed by atoms with van der Waals surface area (Å²) in [6.45, 7) is 2.50. The molecule has 1 aliphatic rings. The van der Waals surface area contributed by atoms with E-state index in [9.17, 15) is 18.4 Å². The number of benzene rings is 3. The fraction of sp³-hybridized carbons (Fsp3) is 0.133. The van der Waals surface area contributed by atoms with Crippen LogP contribution in [0.4, 0.5) is 20.2 Å². The molecule has 0 radical (unpaired) electrons. The molecule has 0 saturated heterocycles. The van der Waals surface area contributed by atoms with Gasteiger partial charge in [0.2, 0.25) is 0 Å². The molecule has 6 nitrogen and oxygen atoms in total. The molecule has 38 heavy (non-hydrogen) atoms. The highest BCUT2D eigenvalue weighted by Gasteiger charge is 2.26. The van der Waals surface area contributed by atoms with E-state index in [4.69, 9.17) is 0 Å². The first-order valence-electron chi connectivity index (χ1n) is 12.2. The van der Waals surface area contributed by atoms with Crippen LogP contribution in [0.3, 0.4) is 0 Å². The zero-order chi connectivity index (χ0) is 26.6. The molecule has 0 fully saturated rings. The van der Waals surface area contributed by atoms with Crippen molar-refractivity contribution in [2.45, 2.75) is 20.0 Å². The van der Waals surface area contributed by atoms with Gasteiger partial charge in [0.25, 0.3) is 11.5 Å². The maximum Gasteiger partial charge on any atom is 0.272 e. The SMILES string of the molecule is Cc1ccc(F)cc1CNC(=O)c1ccc2c(c1)-c1cn(C)c3c(=O)[nH]cc(c13)CN2c1ccc(F)cc1. The van der Waals surface area contributed by atoms with Gasteiger partial charge in [-0.15, -0.1) is 0 Å². The Morgan fingerprint density at radius 1 is 1.00 bits per heavy atom. The number of rotatable bonds is 4. The van der Waals surface area contributed by atoms with E-state index < -0.39 is 0 Å². The molecule has 0 aliphatic carbocycles. The number of aryl methyl sites for hydroxylation is 2. The van der Waals surface area contributed by atoms with Crippen molar-refractivity contribution in [3.05, 3.63) is 117 Å². The molecule has 3 heterocycles. The van der Waals surface area contributed by atoms with Crippen LogP contribution in [0.25, 0.3) is 22.0 Å². The lowest BCUT2D eigenvalue weighted by atomic mass is 9.99. The Bertz CT molecular complexity index is 1790. The lowest BCUT2D eigenvalue weighted by Gasteiger charge is -2.26. The van der Waals surface area contributed by atoms with Crippen molar-refractivity contribution in [1.82, 2.24) is 14.9 Å². The molecular formula is C30H24F2N4O2. The second-order valence-electron chi connectivity index (χ2n) is 9.57. The van der Waals surface area contributed by atoms with Crippen LogP contribution in [0.1, 0.15) is 27.0 Å². The monoisotopic (exact) mass is 510 g/mol. The fourth-order valence-electron chi connectivity index (χ4n) is 5.19. The van der Waals surface area contributed by atoms with Crippen molar-refractivity contribution >= 4 is 28.2 Å². The quantitative estimate of drug-likeness (QED) is 0.326. The number of aromatic nitrogens is 2. The Morgan fingerprint density at radius 3 is 2.55 bits per heavy atom. The van der Waals surface area contributed by atoms with Crippen molar-refractivity contribution in [3.8, 4) is 11.1 Å². The number of halogens is 2. The topological polar surface area (TPSA) is 70.1 Å². The smallest absolute Gasteiger partial charge is 0.272 e. The van der Waals surface area contributed by atoms with Gasteiger partial charge >= 0.3 is 0 Å². The molecule has 0 unspecified atom stereocenters. The van der Waals surface area contributed by atoms with Crippen molar-refractivity contribution < 1.29 is 13.6 Å². The van der Waals surface area contributed by atoms with Crippen molar-refractivity contribution in [2.75, 3.05) is 4.90 Å². The van der Waals surface area contributed by atoms with Gasteiger partial charge in [0.1, 0.15) is 17.2 Å². The van der Waals surface area contributed by atoms with Crippen molar-refractivity contribution in [2.24, 2.45) is 7.05 Å². The lowest BCUT2D eigenvalue weighted by molar-refractivity contribution is 0.0951.